The molecule has 0 fully saturated rings. The molecule has 3 N–H and O–H groups in total. The van der Waals surface area contributed by atoms with Gasteiger partial charge in [-0.1, -0.05) is 45.0 Å². The molecule has 1 atom stereocenters. The maximum atomic E-state index is 5.95. The van der Waals surface area contributed by atoms with Crippen molar-refractivity contribution < 1.29 is 0 Å². The Morgan fingerprint density at radius 3 is 2.35 bits per heavy atom. The molecule has 2 nitrogen and oxygen atoms in total. The molecule has 0 radical (unpaired) electrons. The first-order chi connectivity index (χ1) is 9.61. The topological polar surface area (TPSA) is 38.0 Å². The molecule has 1 aromatic carbocycles. The molecule has 2 rings (SSSR count). The Morgan fingerprint density at radius 2 is 1.85 bits per heavy atom. The van der Waals surface area contributed by atoms with Crippen molar-refractivity contribution in [1.82, 2.24) is 5.32 Å². The number of nitrogens with one attached hydrogen (secondary N) is 1. The van der Waals surface area contributed by atoms with Crippen molar-refractivity contribution >= 4 is 17.0 Å². The summed E-state index contributed by atoms with van der Waals surface area (Å²) in [7, 11) is 0. The van der Waals surface area contributed by atoms with E-state index in [9.17, 15) is 0 Å². The zero-order valence-electron chi connectivity index (χ0n) is 12.5. The number of hydrogen-bond donors (Lipinski definition) is 2. The van der Waals surface area contributed by atoms with Crippen molar-refractivity contribution in [2.75, 3.05) is 5.73 Å². The summed E-state index contributed by atoms with van der Waals surface area (Å²) in [5.74, 6) is 0.545. The average molecular weight is 288 g/mol. The van der Waals surface area contributed by atoms with Crippen LogP contribution in [-0.4, -0.2) is 0 Å². The van der Waals surface area contributed by atoms with Crippen molar-refractivity contribution in [1.29, 1.82) is 0 Å². The Morgan fingerprint density at radius 1 is 1.15 bits per heavy atom. The molecule has 0 saturated carbocycles. The quantitative estimate of drug-likeness (QED) is 0.828. The van der Waals surface area contributed by atoms with E-state index >= 15 is 0 Å². The van der Waals surface area contributed by atoms with E-state index in [4.69, 9.17) is 5.73 Å². The molecule has 1 aromatic heterocycles. The lowest BCUT2D eigenvalue weighted by Gasteiger charge is -2.23. The van der Waals surface area contributed by atoms with Gasteiger partial charge in [0.15, 0.2) is 0 Å². The van der Waals surface area contributed by atoms with Crippen LogP contribution in [0.1, 0.15) is 42.8 Å². The lowest BCUT2D eigenvalue weighted by atomic mass is 9.95. The Balaban J connectivity index is 2.08. The van der Waals surface area contributed by atoms with Crippen LogP contribution in [-0.2, 0) is 13.0 Å². The fraction of sp³-hybridized carbons (Fsp3) is 0.412. The summed E-state index contributed by atoms with van der Waals surface area (Å²) in [4.78, 5) is 1.22. The standard InChI is InChI=1S/C17H24N2S/c1-4-13-5-7-14(8-6-13)17(12(2)3)19-11-16-15(18)9-10-20-16/h5-10,12,17,19H,4,11,18H2,1-3H3. The third-order valence-electron chi connectivity index (χ3n) is 3.68. The summed E-state index contributed by atoms with van der Waals surface area (Å²) in [5, 5.41) is 5.69. The molecule has 0 aliphatic carbocycles. The number of nitrogen functional groups attached to an aromatic ring is 1. The van der Waals surface area contributed by atoms with Gasteiger partial charge in [-0.3, -0.25) is 0 Å². The third-order valence-corrected chi connectivity index (χ3v) is 4.61. The molecule has 1 unspecified atom stereocenters. The van der Waals surface area contributed by atoms with Crippen LogP contribution in [0.25, 0.3) is 0 Å². The smallest absolute Gasteiger partial charge is 0.0468 e. The van der Waals surface area contributed by atoms with E-state index in [2.05, 4.69) is 50.4 Å². The van der Waals surface area contributed by atoms with Gasteiger partial charge in [0.2, 0.25) is 0 Å². The Bertz CT molecular complexity index is 528. The minimum Gasteiger partial charge on any atom is -0.398 e. The Kier molecular flexibility index (Phi) is 5.21. The highest BCUT2D eigenvalue weighted by molar-refractivity contribution is 7.10. The summed E-state index contributed by atoms with van der Waals surface area (Å²) >= 11 is 1.72. The number of hydrogen-bond acceptors (Lipinski definition) is 3. The molecular formula is C17H24N2S. The van der Waals surface area contributed by atoms with Crippen molar-refractivity contribution in [2.45, 2.75) is 39.8 Å². The molecule has 2 aromatic rings. The highest BCUT2D eigenvalue weighted by Crippen LogP contribution is 2.25. The lowest BCUT2D eigenvalue weighted by molar-refractivity contribution is 0.412. The van der Waals surface area contributed by atoms with Gasteiger partial charge < -0.3 is 11.1 Å². The van der Waals surface area contributed by atoms with Gasteiger partial charge in [0, 0.05) is 23.2 Å². The Labute approximate surface area is 126 Å². The molecule has 0 aliphatic heterocycles. The second kappa shape index (κ2) is 6.91. The minimum atomic E-state index is 0.363. The van der Waals surface area contributed by atoms with Gasteiger partial charge in [0.25, 0.3) is 0 Å². The molecule has 0 spiro atoms. The van der Waals surface area contributed by atoms with E-state index in [1.165, 1.54) is 16.0 Å². The average Bonchev–Trinajstić information content (AvgIpc) is 2.85. The van der Waals surface area contributed by atoms with E-state index < -0.39 is 0 Å². The van der Waals surface area contributed by atoms with Crippen molar-refractivity contribution in [3.8, 4) is 0 Å². The van der Waals surface area contributed by atoms with Crippen LogP contribution in [0.4, 0.5) is 5.69 Å². The van der Waals surface area contributed by atoms with Gasteiger partial charge in [0.05, 0.1) is 0 Å². The lowest BCUT2D eigenvalue weighted by Crippen LogP contribution is -2.25. The van der Waals surface area contributed by atoms with Crippen molar-refractivity contribution in [3.63, 3.8) is 0 Å². The fourth-order valence-electron chi connectivity index (χ4n) is 2.40. The zero-order valence-corrected chi connectivity index (χ0v) is 13.3. The van der Waals surface area contributed by atoms with Crippen LogP contribution >= 0.6 is 11.3 Å². The first-order valence-corrected chi connectivity index (χ1v) is 8.13. The molecule has 0 saturated heterocycles. The third kappa shape index (κ3) is 3.62. The fourth-order valence-corrected chi connectivity index (χ4v) is 3.15. The van der Waals surface area contributed by atoms with E-state index in [1.54, 1.807) is 11.3 Å². The largest absolute Gasteiger partial charge is 0.398 e. The van der Waals surface area contributed by atoms with Gasteiger partial charge in [-0.25, -0.2) is 0 Å². The van der Waals surface area contributed by atoms with Gasteiger partial charge in [-0.15, -0.1) is 11.3 Å². The molecule has 20 heavy (non-hydrogen) atoms. The van der Waals surface area contributed by atoms with Gasteiger partial charge in [-0.2, -0.15) is 0 Å². The highest BCUT2D eigenvalue weighted by Gasteiger charge is 2.15. The molecule has 0 aliphatic rings. The van der Waals surface area contributed by atoms with E-state index in [0.717, 1.165) is 18.7 Å². The number of rotatable bonds is 6. The summed E-state index contributed by atoms with van der Waals surface area (Å²) < 4.78 is 0. The second-order valence-corrected chi connectivity index (χ2v) is 6.50. The number of aryl methyl sites for hydroxylation is 1. The monoisotopic (exact) mass is 288 g/mol. The maximum Gasteiger partial charge on any atom is 0.0468 e. The van der Waals surface area contributed by atoms with Crippen LogP contribution in [0.15, 0.2) is 35.7 Å². The second-order valence-electron chi connectivity index (χ2n) is 5.50. The number of nitrogens with two attached hydrogens (primary N) is 1. The minimum absolute atomic E-state index is 0.363. The molecular weight excluding hydrogens is 264 g/mol. The zero-order chi connectivity index (χ0) is 14.5. The van der Waals surface area contributed by atoms with E-state index in [-0.39, 0.29) is 0 Å². The van der Waals surface area contributed by atoms with Crippen molar-refractivity contribution in [3.05, 3.63) is 51.7 Å². The van der Waals surface area contributed by atoms with E-state index in [0.29, 0.717) is 12.0 Å². The SMILES string of the molecule is CCc1ccc(C(NCc2sccc2N)C(C)C)cc1. The Hall–Kier alpha value is -1.32. The summed E-state index contributed by atoms with van der Waals surface area (Å²) in [6, 6.07) is 11.3. The molecule has 3 heteroatoms. The van der Waals surface area contributed by atoms with Gasteiger partial charge in [-0.05, 0) is 34.9 Å². The first-order valence-electron chi connectivity index (χ1n) is 7.26. The number of thiophene rings is 1. The van der Waals surface area contributed by atoms with E-state index in [1.807, 2.05) is 11.4 Å². The summed E-state index contributed by atoms with van der Waals surface area (Å²) in [5.41, 5.74) is 9.59. The van der Waals surface area contributed by atoms with Gasteiger partial charge >= 0.3 is 0 Å². The highest BCUT2D eigenvalue weighted by atomic mass is 32.1. The summed E-state index contributed by atoms with van der Waals surface area (Å²) in [6.07, 6.45) is 1.09. The van der Waals surface area contributed by atoms with Crippen LogP contribution < -0.4 is 11.1 Å². The normalized spacial score (nSPS) is 12.8. The predicted octanol–water partition coefficient (Wildman–Crippen LogP) is 4.38. The van der Waals surface area contributed by atoms with Crippen LogP contribution in [0, 0.1) is 5.92 Å². The van der Waals surface area contributed by atoms with Crippen LogP contribution in [0.3, 0.4) is 0 Å². The first kappa shape index (κ1) is 15.1. The van der Waals surface area contributed by atoms with Crippen LogP contribution in [0.5, 0.6) is 0 Å². The molecule has 1 heterocycles. The van der Waals surface area contributed by atoms with Crippen LogP contribution in [0.2, 0.25) is 0 Å². The van der Waals surface area contributed by atoms with Gasteiger partial charge in [0.1, 0.15) is 0 Å². The predicted molar refractivity (Wildman–Crippen MR) is 89.0 cm³/mol. The number of benzene rings is 1. The number of anilines is 1. The summed E-state index contributed by atoms with van der Waals surface area (Å²) in [6.45, 7) is 7.53. The molecule has 0 bridgehead atoms. The van der Waals surface area contributed by atoms with Crippen molar-refractivity contribution in [2.24, 2.45) is 5.92 Å². The molecule has 108 valence electrons. The maximum absolute atomic E-state index is 5.95. The molecule has 0 amide bonds.